The van der Waals surface area contributed by atoms with E-state index in [0.29, 0.717) is 29.4 Å². The maximum atomic E-state index is 13.0. The second-order valence-electron chi connectivity index (χ2n) is 7.19. The van der Waals surface area contributed by atoms with Crippen LogP contribution in [-0.2, 0) is 19.6 Å². The Balaban J connectivity index is 1.74. The van der Waals surface area contributed by atoms with Gasteiger partial charge in [-0.15, -0.1) is 0 Å². The summed E-state index contributed by atoms with van der Waals surface area (Å²) in [5.41, 5.74) is 1.40. The molecule has 11 heteroatoms. The van der Waals surface area contributed by atoms with Crippen molar-refractivity contribution in [2.24, 2.45) is 0 Å². The second-order valence-corrected chi connectivity index (χ2v) is 9.92. The lowest BCUT2D eigenvalue weighted by Crippen LogP contribution is -2.38. The molecule has 9 nitrogen and oxygen atoms in total. The molecule has 2 heterocycles. The highest BCUT2D eigenvalue weighted by molar-refractivity contribution is 7.89. The second kappa shape index (κ2) is 10.5. The number of benzene rings is 1. The first-order valence-electron chi connectivity index (χ1n) is 10.0. The first-order chi connectivity index (χ1) is 14.8. The van der Waals surface area contributed by atoms with Gasteiger partial charge in [-0.05, 0) is 43.7 Å². The highest BCUT2D eigenvalue weighted by atomic mass is 32.2. The first kappa shape index (κ1) is 23.6. The lowest BCUT2D eigenvalue weighted by atomic mass is 10.1. The predicted octanol–water partition coefficient (Wildman–Crippen LogP) is 2.09. The van der Waals surface area contributed by atoms with Crippen molar-refractivity contribution in [3.63, 3.8) is 0 Å². The van der Waals surface area contributed by atoms with Crippen LogP contribution in [0.5, 0.6) is 5.75 Å². The van der Waals surface area contributed by atoms with Gasteiger partial charge < -0.3 is 14.8 Å². The Morgan fingerprint density at radius 1 is 1.32 bits per heavy atom. The number of ether oxygens (including phenoxy) is 2. The molecular weight excluding hydrogens is 440 g/mol. The predicted molar refractivity (Wildman–Crippen MR) is 120 cm³/mol. The van der Waals surface area contributed by atoms with Crippen LogP contribution in [-0.4, -0.2) is 70.7 Å². The molecule has 1 aromatic carbocycles. The van der Waals surface area contributed by atoms with Gasteiger partial charge in [-0.2, -0.15) is 0 Å². The van der Waals surface area contributed by atoms with Gasteiger partial charge in [0.05, 0.1) is 30.9 Å². The number of hydrogen-bond acceptors (Lipinski definition) is 8. The van der Waals surface area contributed by atoms with E-state index in [2.05, 4.69) is 19.9 Å². The molecule has 1 aliphatic heterocycles. The number of sulfonamides is 1. The fourth-order valence-corrected chi connectivity index (χ4v) is 5.58. The van der Waals surface area contributed by atoms with Crippen LogP contribution < -0.4 is 14.8 Å². The van der Waals surface area contributed by atoms with Crippen molar-refractivity contribution in [3.8, 4) is 16.2 Å². The number of amides is 1. The van der Waals surface area contributed by atoms with Crippen LogP contribution in [0, 0.1) is 6.92 Å². The minimum atomic E-state index is -3.77. The summed E-state index contributed by atoms with van der Waals surface area (Å²) in [6.45, 7) is 7.56. The maximum absolute atomic E-state index is 13.0. The number of methoxy groups -OCH3 is 1. The van der Waals surface area contributed by atoms with E-state index < -0.39 is 10.0 Å². The topological polar surface area (TPSA) is 110 Å². The van der Waals surface area contributed by atoms with E-state index in [0.717, 1.165) is 37.7 Å². The van der Waals surface area contributed by atoms with Gasteiger partial charge in [0.2, 0.25) is 15.9 Å². The molecule has 0 bridgehead atoms. The monoisotopic (exact) mass is 468 g/mol. The standard InChI is InChI=1S/C20H28N4O5S2/c1-14-19(30-20(22-14)23-15(2)25)16-5-6-17(28-3)18(13-16)31(26,27)21-7-4-8-24-9-11-29-12-10-24/h5-6,13,21H,4,7-12H2,1-3H3,(H,22,23,25). The van der Waals surface area contributed by atoms with E-state index in [4.69, 9.17) is 9.47 Å². The lowest BCUT2D eigenvalue weighted by molar-refractivity contribution is -0.114. The SMILES string of the molecule is COc1ccc(-c2sc(NC(C)=O)nc2C)cc1S(=O)(=O)NCCCN1CCOCC1. The summed E-state index contributed by atoms with van der Waals surface area (Å²) in [4.78, 5) is 18.8. The molecule has 0 radical (unpaired) electrons. The molecular formula is C20H28N4O5S2. The first-order valence-corrected chi connectivity index (χ1v) is 12.3. The lowest BCUT2D eigenvalue weighted by Gasteiger charge is -2.26. The van der Waals surface area contributed by atoms with Crippen LogP contribution in [0.1, 0.15) is 19.0 Å². The van der Waals surface area contributed by atoms with Crippen LogP contribution in [0.4, 0.5) is 5.13 Å². The maximum Gasteiger partial charge on any atom is 0.244 e. The average molecular weight is 469 g/mol. The number of anilines is 1. The molecule has 0 unspecified atom stereocenters. The highest BCUT2D eigenvalue weighted by Crippen LogP contribution is 2.36. The van der Waals surface area contributed by atoms with Crippen molar-refractivity contribution < 1.29 is 22.7 Å². The van der Waals surface area contributed by atoms with E-state index >= 15 is 0 Å². The molecule has 1 saturated heterocycles. The Morgan fingerprint density at radius 3 is 2.74 bits per heavy atom. The molecule has 1 fully saturated rings. The molecule has 1 aliphatic rings. The number of carbonyl (C=O) groups is 1. The smallest absolute Gasteiger partial charge is 0.244 e. The van der Waals surface area contributed by atoms with Crippen LogP contribution in [0.25, 0.3) is 10.4 Å². The Bertz CT molecular complexity index is 1020. The van der Waals surface area contributed by atoms with Crippen molar-refractivity contribution in [3.05, 3.63) is 23.9 Å². The molecule has 2 aromatic rings. The number of hydrogen-bond donors (Lipinski definition) is 2. The van der Waals surface area contributed by atoms with E-state index in [-0.39, 0.29) is 16.6 Å². The van der Waals surface area contributed by atoms with Crippen LogP contribution >= 0.6 is 11.3 Å². The normalized spacial score (nSPS) is 15.1. The van der Waals surface area contributed by atoms with Gasteiger partial charge in [-0.25, -0.2) is 18.1 Å². The van der Waals surface area contributed by atoms with Crippen molar-refractivity contribution in [2.45, 2.75) is 25.2 Å². The number of thiazole rings is 1. The Kier molecular flexibility index (Phi) is 8.00. The van der Waals surface area contributed by atoms with E-state index in [1.807, 2.05) is 6.92 Å². The Hall–Kier alpha value is -2.05. The number of morpholine rings is 1. The van der Waals surface area contributed by atoms with Gasteiger partial charge >= 0.3 is 0 Å². The molecule has 0 aliphatic carbocycles. The minimum absolute atomic E-state index is 0.0766. The molecule has 0 spiro atoms. The van der Waals surface area contributed by atoms with Crippen molar-refractivity contribution in [1.82, 2.24) is 14.6 Å². The molecule has 0 atom stereocenters. The summed E-state index contributed by atoms with van der Waals surface area (Å²) in [6, 6.07) is 5.00. The third-order valence-corrected chi connectivity index (χ3v) is 7.45. The minimum Gasteiger partial charge on any atom is -0.495 e. The fraction of sp³-hybridized carbons (Fsp3) is 0.500. The van der Waals surface area contributed by atoms with Crippen LogP contribution in [0.15, 0.2) is 23.1 Å². The van der Waals surface area contributed by atoms with Gasteiger partial charge in [-0.3, -0.25) is 9.69 Å². The number of aryl methyl sites for hydroxylation is 1. The Morgan fingerprint density at radius 2 is 2.06 bits per heavy atom. The number of carbonyl (C=O) groups excluding carboxylic acids is 1. The van der Waals surface area contributed by atoms with E-state index in [9.17, 15) is 13.2 Å². The molecule has 170 valence electrons. The van der Waals surface area contributed by atoms with Crippen molar-refractivity contribution in [2.75, 3.05) is 51.8 Å². The van der Waals surface area contributed by atoms with Gasteiger partial charge in [0, 0.05) is 26.6 Å². The summed E-state index contributed by atoms with van der Waals surface area (Å²) in [5.74, 6) is 0.0632. The van der Waals surface area contributed by atoms with E-state index in [1.54, 1.807) is 18.2 Å². The van der Waals surface area contributed by atoms with Crippen LogP contribution in [0.2, 0.25) is 0 Å². The third-order valence-electron chi connectivity index (χ3n) is 4.84. The quantitative estimate of drug-likeness (QED) is 0.542. The van der Waals surface area contributed by atoms with Gasteiger partial charge in [0.25, 0.3) is 0 Å². The zero-order valence-electron chi connectivity index (χ0n) is 17.9. The summed E-state index contributed by atoms with van der Waals surface area (Å²) >= 11 is 1.30. The average Bonchev–Trinajstić information content (AvgIpc) is 3.10. The van der Waals surface area contributed by atoms with Crippen molar-refractivity contribution >= 4 is 32.4 Å². The molecule has 2 N–H and O–H groups in total. The van der Waals surface area contributed by atoms with E-state index in [1.165, 1.54) is 25.4 Å². The fourth-order valence-electron chi connectivity index (χ4n) is 3.31. The largest absolute Gasteiger partial charge is 0.495 e. The number of aromatic nitrogens is 1. The molecule has 3 rings (SSSR count). The summed E-state index contributed by atoms with van der Waals surface area (Å²) in [7, 11) is -2.32. The summed E-state index contributed by atoms with van der Waals surface area (Å²) in [6.07, 6.45) is 0.704. The van der Waals surface area contributed by atoms with Gasteiger partial charge in [-0.1, -0.05) is 11.3 Å². The van der Waals surface area contributed by atoms with Crippen molar-refractivity contribution in [1.29, 1.82) is 0 Å². The van der Waals surface area contributed by atoms with Gasteiger partial charge in [0.15, 0.2) is 5.13 Å². The van der Waals surface area contributed by atoms with Crippen LogP contribution in [0.3, 0.4) is 0 Å². The molecule has 1 amide bonds. The molecule has 31 heavy (non-hydrogen) atoms. The Labute approximate surface area is 186 Å². The zero-order chi connectivity index (χ0) is 22.4. The molecule has 0 saturated carbocycles. The third kappa shape index (κ3) is 6.23. The number of rotatable bonds is 9. The molecule has 1 aromatic heterocycles. The number of nitrogens with zero attached hydrogens (tertiary/aromatic N) is 2. The zero-order valence-corrected chi connectivity index (χ0v) is 19.6. The number of nitrogens with one attached hydrogen (secondary N) is 2. The summed E-state index contributed by atoms with van der Waals surface area (Å²) < 4.78 is 39.3. The highest BCUT2D eigenvalue weighted by Gasteiger charge is 2.22. The van der Waals surface area contributed by atoms with Gasteiger partial charge in [0.1, 0.15) is 10.6 Å². The summed E-state index contributed by atoms with van der Waals surface area (Å²) in [5, 5.41) is 3.14.